The van der Waals surface area contributed by atoms with Crippen molar-refractivity contribution in [3.63, 3.8) is 0 Å². The molecule has 0 unspecified atom stereocenters. The van der Waals surface area contributed by atoms with Crippen molar-refractivity contribution >= 4 is 16.5 Å². The molecule has 0 aliphatic carbocycles. The van der Waals surface area contributed by atoms with Crippen LogP contribution in [-0.2, 0) is 0 Å². The molecular weight excluding hydrogens is 144 g/mol. The third kappa shape index (κ3) is 2.82. The predicted octanol–water partition coefficient (Wildman–Crippen LogP) is 2.52. The fourth-order valence-electron chi connectivity index (χ4n) is 0.469. The number of aryl methyl sites for hydroxylation is 1. The molecule has 0 aliphatic heterocycles. The maximum atomic E-state index is 4.14. The summed E-state index contributed by atoms with van der Waals surface area (Å²) in [6.07, 6.45) is 0. The van der Waals surface area contributed by atoms with Gasteiger partial charge in [-0.25, -0.2) is 4.98 Å². The van der Waals surface area contributed by atoms with E-state index >= 15 is 0 Å². The molecule has 1 rings (SSSR count). The minimum Gasteiger partial charge on any atom is -0.365 e. The lowest BCUT2D eigenvalue weighted by molar-refractivity contribution is 1.25. The van der Waals surface area contributed by atoms with Gasteiger partial charge in [-0.15, -0.1) is 11.3 Å². The molecule has 1 heterocycles. The normalized spacial score (nSPS) is 8.00. The zero-order chi connectivity index (χ0) is 7.98. The SMILES string of the molecule is CC.CNc1nc(C)cs1. The minimum atomic E-state index is 0.988. The Morgan fingerprint density at radius 1 is 1.50 bits per heavy atom. The molecular formula is C7H14N2S. The standard InChI is InChI=1S/C5H8N2S.C2H6/c1-4-3-8-5(6-2)7-4;1-2/h3H,1-2H3,(H,6,7);1-2H3. The van der Waals surface area contributed by atoms with Crippen molar-refractivity contribution in [3.8, 4) is 0 Å². The Kier molecular flexibility index (Phi) is 4.94. The van der Waals surface area contributed by atoms with Crippen molar-refractivity contribution in [1.29, 1.82) is 0 Å². The van der Waals surface area contributed by atoms with Gasteiger partial charge in [0.2, 0.25) is 0 Å². The highest BCUT2D eigenvalue weighted by atomic mass is 32.1. The lowest BCUT2D eigenvalue weighted by Gasteiger charge is -1.85. The predicted molar refractivity (Wildman–Crippen MR) is 47.7 cm³/mol. The van der Waals surface area contributed by atoms with Gasteiger partial charge in [0.1, 0.15) is 0 Å². The largest absolute Gasteiger partial charge is 0.365 e. The Labute approximate surface area is 66.3 Å². The third-order valence-corrected chi connectivity index (χ3v) is 1.81. The molecule has 0 atom stereocenters. The minimum absolute atomic E-state index is 0.988. The first-order valence-corrected chi connectivity index (χ1v) is 4.31. The Morgan fingerprint density at radius 2 is 2.10 bits per heavy atom. The van der Waals surface area contributed by atoms with Crippen LogP contribution >= 0.6 is 11.3 Å². The first-order valence-electron chi connectivity index (χ1n) is 3.43. The Hall–Kier alpha value is -0.570. The molecule has 0 saturated heterocycles. The fraction of sp³-hybridized carbons (Fsp3) is 0.571. The highest BCUT2D eigenvalue weighted by Gasteiger charge is 1.90. The third-order valence-electron chi connectivity index (χ3n) is 0.833. The zero-order valence-electron chi connectivity index (χ0n) is 6.93. The smallest absolute Gasteiger partial charge is 0.182 e. The summed E-state index contributed by atoms with van der Waals surface area (Å²) in [6.45, 7) is 5.98. The maximum Gasteiger partial charge on any atom is 0.182 e. The molecule has 10 heavy (non-hydrogen) atoms. The highest BCUT2D eigenvalue weighted by Crippen LogP contribution is 2.12. The van der Waals surface area contributed by atoms with Crippen molar-refractivity contribution in [1.82, 2.24) is 4.98 Å². The summed E-state index contributed by atoms with van der Waals surface area (Å²) in [4.78, 5) is 4.14. The maximum absolute atomic E-state index is 4.14. The highest BCUT2D eigenvalue weighted by molar-refractivity contribution is 7.13. The van der Waals surface area contributed by atoms with E-state index in [0.717, 1.165) is 10.8 Å². The van der Waals surface area contributed by atoms with E-state index in [0.29, 0.717) is 0 Å². The van der Waals surface area contributed by atoms with Crippen molar-refractivity contribution in [2.45, 2.75) is 20.8 Å². The first-order chi connectivity index (χ1) is 4.83. The second-order valence-corrected chi connectivity index (χ2v) is 2.40. The summed E-state index contributed by atoms with van der Waals surface area (Å²) in [5, 5.41) is 5.96. The van der Waals surface area contributed by atoms with Gasteiger partial charge in [0.25, 0.3) is 0 Å². The molecule has 0 fully saturated rings. The van der Waals surface area contributed by atoms with E-state index in [4.69, 9.17) is 0 Å². The van der Waals surface area contributed by atoms with Gasteiger partial charge in [0, 0.05) is 12.4 Å². The molecule has 1 N–H and O–H groups in total. The summed E-state index contributed by atoms with van der Waals surface area (Å²) < 4.78 is 0. The molecule has 0 amide bonds. The number of nitrogens with one attached hydrogen (secondary N) is 1. The average Bonchev–Trinajstić information content (AvgIpc) is 2.40. The summed E-state index contributed by atoms with van der Waals surface area (Å²) in [5.74, 6) is 0. The average molecular weight is 158 g/mol. The number of hydrogen-bond donors (Lipinski definition) is 1. The van der Waals surface area contributed by atoms with Gasteiger partial charge < -0.3 is 5.32 Å². The van der Waals surface area contributed by atoms with Gasteiger partial charge in [-0.2, -0.15) is 0 Å². The van der Waals surface area contributed by atoms with Crippen LogP contribution in [0.15, 0.2) is 5.38 Å². The van der Waals surface area contributed by atoms with Crippen LogP contribution in [0.5, 0.6) is 0 Å². The van der Waals surface area contributed by atoms with Gasteiger partial charge in [-0.05, 0) is 6.92 Å². The monoisotopic (exact) mass is 158 g/mol. The van der Waals surface area contributed by atoms with Crippen molar-refractivity contribution in [2.24, 2.45) is 0 Å². The Balaban J connectivity index is 0.000000371. The van der Waals surface area contributed by atoms with Crippen LogP contribution in [0.25, 0.3) is 0 Å². The van der Waals surface area contributed by atoms with Gasteiger partial charge in [0.05, 0.1) is 5.69 Å². The van der Waals surface area contributed by atoms with E-state index in [1.165, 1.54) is 0 Å². The van der Waals surface area contributed by atoms with Crippen molar-refractivity contribution < 1.29 is 0 Å². The lowest BCUT2D eigenvalue weighted by atomic mass is 10.6. The number of thiazole rings is 1. The van der Waals surface area contributed by atoms with E-state index < -0.39 is 0 Å². The van der Waals surface area contributed by atoms with E-state index in [1.807, 2.05) is 33.2 Å². The first kappa shape index (κ1) is 9.43. The van der Waals surface area contributed by atoms with Crippen LogP contribution in [-0.4, -0.2) is 12.0 Å². The summed E-state index contributed by atoms with van der Waals surface area (Å²) in [6, 6.07) is 0. The van der Waals surface area contributed by atoms with E-state index in [2.05, 4.69) is 10.3 Å². The molecule has 58 valence electrons. The van der Waals surface area contributed by atoms with Crippen molar-refractivity contribution in [2.75, 3.05) is 12.4 Å². The van der Waals surface area contributed by atoms with E-state index in [1.54, 1.807) is 11.3 Å². The van der Waals surface area contributed by atoms with Crippen LogP contribution in [0, 0.1) is 6.92 Å². The topological polar surface area (TPSA) is 24.9 Å². The summed E-state index contributed by atoms with van der Waals surface area (Å²) in [7, 11) is 1.87. The van der Waals surface area contributed by atoms with Gasteiger partial charge in [-0.3, -0.25) is 0 Å². The molecule has 1 aromatic heterocycles. The molecule has 1 aromatic rings. The number of rotatable bonds is 1. The van der Waals surface area contributed by atoms with Gasteiger partial charge in [-0.1, -0.05) is 13.8 Å². The molecule has 3 heteroatoms. The van der Waals surface area contributed by atoms with Crippen LogP contribution in [0.4, 0.5) is 5.13 Å². The second kappa shape index (κ2) is 5.23. The number of anilines is 1. The van der Waals surface area contributed by atoms with Crippen molar-refractivity contribution in [3.05, 3.63) is 11.1 Å². The molecule has 0 aliphatic rings. The summed E-state index contributed by atoms with van der Waals surface area (Å²) >= 11 is 1.63. The zero-order valence-corrected chi connectivity index (χ0v) is 7.75. The van der Waals surface area contributed by atoms with Gasteiger partial charge in [0.15, 0.2) is 5.13 Å². The van der Waals surface area contributed by atoms with Crippen LogP contribution in [0.2, 0.25) is 0 Å². The summed E-state index contributed by atoms with van der Waals surface area (Å²) in [5.41, 5.74) is 1.08. The number of aromatic nitrogens is 1. The molecule has 0 saturated carbocycles. The number of hydrogen-bond acceptors (Lipinski definition) is 3. The molecule has 2 nitrogen and oxygen atoms in total. The molecule has 0 aromatic carbocycles. The van der Waals surface area contributed by atoms with Crippen LogP contribution < -0.4 is 5.32 Å². The molecule has 0 bridgehead atoms. The van der Waals surface area contributed by atoms with Crippen LogP contribution in [0.3, 0.4) is 0 Å². The Bertz CT molecular complexity index is 172. The van der Waals surface area contributed by atoms with E-state index in [-0.39, 0.29) is 0 Å². The fourth-order valence-corrected chi connectivity index (χ4v) is 1.12. The molecule has 0 spiro atoms. The quantitative estimate of drug-likeness (QED) is 0.679. The lowest BCUT2D eigenvalue weighted by Crippen LogP contribution is -1.84. The second-order valence-electron chi connectivity index (χ2n) is 1.54. The Morgan fingerprint density at radius 3 is 2.30 bits per heavy atom. The molecule has 0 radical (unpaired) electrons. The van der Waals surface area contributed by atoms with E-state index in [9.17, 15) is 0 Å². The van der Waals surface area contributed by atoms with Gasteiger partial charge >= 0.3 is 0 Å². The number of nitrogens with zero attached hydrogens (tertiary/aromatic N) is 1. The van der Waals surface area contributed by atoms with Crippen LogP contribution in [0.1, 0.15) is 19.5 Å².